The molecule has 3 atom stereocenters. The fourth-order valence-corrected chi connectivity index (χ4v) is 3.28. The highest BCUT2D eigenvalue weighted by Gasteiger charge is 2.31. The molecule has 0 aromatic heterocycles. The van der Waals surface area contributed by atoms with Crippen molar-refractivity contribution >= 4 is 11.8 Å². The van der Waals surface area contributed by atoms with E-state index in [9.17, 15) is 9.59 Å². The lowest BCUT2D eigenvalue weighted by atomic mass is 9.87. The molecule has 0 radical (unpaired) electrons. The number of hydrogen-bond donors (Lipinski definition) is 3. The van der Waals surface area contributed by atoms with Gasteiger partial charge < -0.3 is 5.32 Å². The van der Waals surface area contributed by atoms with Gasteiger partial charge in [0.1, 0.15) is 5.92 Å². The molecule has 0 fully saturated rings. The number of carbonyl (C=O) groups is 2. The SMILES string of the molecule is CC(C)CC(NC(=O)C(C(=O)NO)c1ccccc1)C(C)c1ccccc1. The lowest BCUT2D eigenvalue weighted by Crippen LogP contribution is -2.45. The minimum atomic E-state index is -1.10. The van der Waals surface area contributed by atoms with Gasteiger partial charge in [0.15, 0.2) is 0 Å². The highest BCUT2D eigenvalue weighted by Crippen LogP contribution is 2.25. The number of hydroxylamine groups is 1. The monoisotopic (exact) mass is 368 g/mol. The normalized spacial score (nSPS) is 14.3. The summed E-state index contributed by atoms with van der Waals surface area (Å²) in [6.45, 7) is 6.28. The summed E-state index contributed by atoms with van der Waals surface area (Å²) < 4.78 is 0. The van der Waals surface area contributed by atoms with E-state index in [2.05, 4.69) is 26.1 Å². The van der Waals surface area contributed by atoms with E-state index in [0.717, 1.165) is 12.0 Å². The van der Waals surface area contributed by atoms with Crippen LogP contribution < -0.4 is 10.8 Å². The third-order valence-corrected chi connectivity index (χ3v) is 4.75. The zero-order chi connectivity index (χ0) is 19.8. The minimum absolute atomic E-state index is 0.0890. The zero-order valence-electron chi connectivity index (χ0n) is 16.1. The summed E-state index contributed by atoms with van der Waals surface area (Å²) in [5.74, 6) is -1.79. The molecule has 0 spiro atoms. The van der Waals surface area contributed by atoms with Crippen LogP contribution in [0.15, 0.2) is 60.7 Å². The Kier molecular flexibility index (Phi) is 7.55. The van der Waals surface area contributed by atoms with Crippen molar-refractivity contribution in [3.8, 4) is 0 Å². The molecule has 0 saturated carbocycles. The van der Waals surface area contributed by atoms with Gasteiger partial charge in [-0.05, 0) is 23.5 Å². The predicted molar refractivity (Wildman–Crippen MR) is 105 cm³/mol. The average molecular weight is 368 g/mol. The van der Waals surface area contributed by atoms with Crippen molar-refractivity contribution in [2.75, 3.05) is 0 Å². The van der Waals surface area contributed by atoms with Gasteiger partial charge >= 0.3 is 0 Å². The molecule has 0 aliphatic rings. The van der Waals surface area contributed by atoms with Crippen molar-refractivity contribution in [1.82, 2.24) is 10.8 Å². The van der Waals surface area contributed by atoms with E-state index < -0.39 is 17.7 Å². The van der Waals surface area contributed by atoms with Crippen LogP contribution in [-0.4, -0.2) is 23.1 Å². The first-order valence-electron chi connectivity index (χ1n) is 9.28. The van der Waals surface area contributed by atoms with E-state index in [0.29, 0.717) is 11.5 Å². The van der Waals surface area contributed by atoms with Crippen molar-refractivity contribution in [1.29, 1.82) is 0 Å². The largest absolute Gasteiger partial charge is 0.352 e. The summed E-state index contributed by atoms with van der Waals surface area (Å²) in [6.07, 6.45) is 0.782. The van der Waals surface area contributed by atoms with Crippen LogP contribution in [0.3, 0.4) is 0 Å². The van der Waals surface area contributed by atoms with Crippen LogP contribution >= 0.6 is 0 Å². The van der Waals surface area contributed by atoms with Crippen molar-refractivity contribution in [2.45, 2.75) is 45.1 Å². The van der Waals surface area contributed by atoms with Crippen molar-refractivity contribution in [3.63, 3.8) is 0 Å². The molecule has 2 aromatic carbocycles. The van der Waals surface area contributed by atoms with Gasteiger partial charge in [-0.15, -0.1) is 0 Å². The highest BCUT2D eigenvalue weighted by atomic mass is 16.5. The second kappa shape index (κ2) is 9.88. The summed E-state index contributed by atoms with van der Waals surface area (Å²) in [7, 11) is 0. The fourth-order valence-electron chi connectivity index (χ4n) is 3.28. The van der Waals surface area contributed by atoms with Gasteiger partial charge in [-0.2, -0.15) is 0 Å². The molecule has 5 nitrogen and oxygen atoms in total. The molecule has 0 aliphatic heterocycles. The first-order valence-corrected chi connectivity index (χ1v) is 9.28. The summed E-state index contributed by atoms with van der Waals surface area (Å²) >= 11 is 0. The van der Waals surface area contributed by atoms with Crippen LogP contribution in [0.1, 0.15) is 50.2 Å². The van der Waals surface area contributed by atoms with E-state index >= 15 is 0 Å². The maximum Gasteiger partial charge on any atom is 0.260 e. The van der Waals surface area contributed by atoms with Gasteiger partial charge in [0.05, 0.1) is 0 Å². The molecular weight excluding hydrogens is 340 g/mol. The van der Waals surface area contributed by atoms with Crippen LogP contribution in [0.5, 0.6) is 0 Å². The third kappa shape index (κ3) is 5.66. The first kappa shape index (κ1) is 20.6. The number of hydrogen-bond acceptors (Lipinski definition) is 3. The standard InChI is InChI=1S/C22H28N2O3/c1-15(2)14-19(16(3)17-10-6-4-7-11-17)23-21(25)20(22(26)24-27)18-12-8-5-9-13-18/h4-13,15-16,19-20,27H,14H2,1-3H3,(H,23,25)(H,24,26). The first-order chi connectivity index (χ1) is 12.9. The molecule has 2 amide bonds. The molecule has 0 aliphatic carbocycles. The fraction of sp³-hybridized carbons (Fsp3) is 0.364. The molecule has 0 saturated heterocycles. The highest BCUT2D eigenvalue weighted by molar-refractivity contribution is 6.05. The van der Waals surface area contributed by atoms with Gasteiger partial charge in [0, 0.05) is 12.0 Å². The van der Waals surface area contributed by atoms with Crippen molar-refractivity contribution in [2.24, 2.45) is 5.92 Å². The second-order valence-electron chi connectivity index (χ2n) is 7.26. The predicted octanol–water partition coefficient (Wildman–Crippen LogP) is 3.61. The quantitative estimate of drug-likeness (QED) is 0.378. The summed E-state index contributed by atoms with van der Waals surface area (Å²) in [5.41, 5.74) is 3.29. The van der Waals surface area contributed by atoms with Gasteiger partial charge in [0.2, 0.25) is 5.91 Å². The lowest BCUT2D eigenvalue weighted by Gasteiger charge is -2.29. The molecule has 0 heterocycles. The van der Waals surface area contributed by atoms with Gasteiger partial charge in [-0.3, -0.25) is 14.8 Å². The van der Waals surface area contributed by atoms with Gasteiger partial charge in [-0.1, -0.05) is 81.4 Å². The van der Waals surface area contributed by atoms with Gasteiger partial charge in [-0.25, -0.2) is 5.48 Å². The number of benzene rings is 2. The maximum absolute atomic E-state index is 13.0. The molecule has 5 heteroatoms. The molecule has 0 bridgehead atoms. The summed E-state index contributed by atoms with van der Waals surface area (Å²) in [6, 6.07) is 18.6. The smallest absolute Gasteiger partial charge is 0.260 e. The Morgan fingerprint density at radius 1 is 0.852 bits per heavy atom. The topological polar surface area (TPSA) is 78.4 Å². The van der Waals surface area contributed by atoms with Crippen molar-refractivity contribution in [3.05, 3.63) is 71.8 Å². The average Bonchev–Trinajstić information content (AvgIpc) is 2.68. The van der Waals surface area contributed by atoms with Gasteiger partial charge in [0.25, 0.3) is 5.91 Å². The zero-order valence-corrected chi connectivity index (χ0v) is 16.1. The molecule has 144 valence electrons. The van der Waals surface area contributed by atoms with E-state index in [1.807, 2.05) is 36.4 Å². The lowest BCUT2D eigenvalue weighted by molar-refractivity contribution is -0.137. The minimum Gasteiger partial charge on any atom is -0.352 e. The Balaban J connectivity index is 2.26. The Labute approximate surface area is 160 Å². The van der Waals surface area contributed by atoms with Crippen LogP contribution in [-0.2, 0) is 9.59 Å². The maximum atomic E-state index is 13.0. The molecule has 2 aromatic rings. The number of carbonyl (C=O) groups excluding carboxylic acids is 2. The molecule has 3 unspecified atom stereocenters. The van der Waals surface area contributed by atoms with E-state index in [1.165, 1.54) is 0 Å². The van der Waals surface area contributed by atoms with E-state index in [4.69, 9.17) is 5.21 Å². The Morgan fingerprint density at radius 2 is 1.37 bits per heavy atom. The Morgan fingerprint density at radius 3 is 1.85 bits per heavy atom. The Hall–Kier alpha value is -2.66. The van der Waals surface area contributed by atoms with Crippen LogP contribution in [0, 0.1) is 5.92 Å². The molecular formula is C22H28N2O3. The summed E-state index contributed by atoms with van der Waals surface area (Å²) in [5, 5.41) is 12.2. The van der Waals surface area contributed by atoms with Crippen LogP contribution in [0.4, 0.5) is 0 Å². The molecule has 2 rings (SSSR count). The third-order valence-electron chi connectivity index (χ3n) is 4.75. The van der Waals surface area contributed by atoms with E-state index in [1.54, 1.807) is 29.7 Å². The van der Waals surface area contributed by atoms with Crippen LogP contribution in [0.2, 0.25) is 0 Å². The number of rotatable bonds is 8. The Bertz CT molecular complexity index is 732. The van der Waals surface area contributed by atoms with Crippen molar-refractivity contribution < 1.29 is 14.8 Å². The van der Waals surface area contributed by atoms with E-state index in [-0.39, 0.29) is 12.0 Å². The number of amides is 2. The molecule has 3 N–H and O–H groups in total. The van der Waals surface area contributed by atoms with Crippen LogP contribution in [0.25, 0.3) is 0 Å². The number of nitrogens with one attached hydrogen (secondary N) is 2. The molecule has 27 heavy (non-hydrogen) atoms. The summed E-state index contributed by atoms with van der Waals surface area (Å²) in [4.78, 5) is 25.2. The second-order valence-corrected chi connectivity index (χ2v) is 7.26.